The van der Waals surface area contributed by atoms with Crippen LogP contribution in [0, 0.1) is 10.1 Å². The molecule has 2 aromatic carbocycles. The average molecular weight is 428 g/mol. The molecule has 0 saturated carbocycles. The van der Waals surface area contributed by atoms with Gasteiger partial charge in [0.1, 0.15) is 5.75 Å². The Morgan fingerprint density at radius 1 is 1.10 bits per heavy atom. The molecule has 10 heteroatoms. The highest BCUT2D eigenvalue weighted by Crippen LogP contribution is 2.23. The van der Waals surface area contributed by atoms with Crippen LogP contribution in [0.25, 0.3) is 0 Å². The third kappa shape index (κ3) is 5.21. The van der Waals surface area contributed by atoms with Gasteiger partial charge < -0.3 is 24.6 Å². The number of nitro benzene ring substituents is 1. The minimum absolute atomic E-state index is 0.00817. The van der Waals surface area contributed by atoms with Gasteiger partial charge in [0, 0.05) is 56.7 Å². The summed E-state index contributed by atoms with van der Waals surface area (Å²) in [6.07, 6.45) is 0. The Labute approximate surface area is 179 Å². The van der Waals surface area contributed by atoms with Crippen molar-refractivity contribution in [2.45, 2.75) is 0 Å². The molecule has 0 unspecified atom stereocenters. The number of rotatable bonds is 7. The Kier molecular flexibility index (Phi) is 6.91. The molecule has 0 aliphatic carbocycles. The number of carbonyl (C=O) groups is 2. The molecule has 1 aliphatic heterocycles. The van der Waals surface area contributed by atoms with Crippen LogP contribution >= 0.6 is 0 Å². The molecule has 1 heterocycles. The number of piperazine rings is 1. The van der Waals surface area contributed by atoms with Gasteiger partial charge >= 0.3 is 5.97 Å². The molecule has 0 spiro atoms. The predicted molar refractivity (Wildman–Crippen MR) is 115 cm³/mol. The summed E-state index contributed by atoms with van der Waals surface area (Å²) < 4.78 is 10.3. The topological polar surface area (TPSA) is 114 Å². The summed E-state index contributed by atoms with van der Waals surface area (Å²) in [5, 5.41) is 13.8. The minimum Gasteiger partial charge on any atom is -0.497 e. The van der Waals surface area contributed by atoms with Gasteiger partial charge in [-0.05, 0) is 30.3 Å². The largest absolute Gasteiger partial charge is 0.497 e. The van der Waals surface area contributed by atoms with E-state index in [2.05, 4.69) is 10.2 Å². The number of methoxy groups -OCH3 is 1. The molecule has 1 saturated heterocycles. The molecule has 0 atom stereocenters. The molecular weight excluding hydrogens is 404 g/mol. The van der Waals surface area contributed by atoms with Crippen LogP contribution in [0.3, 0.4) is 0 Å². The quantitative estimate of drug-likeness (QED) is 0.405. The monoisotopic (exact) mass is 428 g/mol. The van der Waals surface area contributed by atoms with E-state index < -0.39 is 17.5 Å². The molecule has 2 aromatic rings. The third-order valence-electron chi connectivity index (χ3n) is 5.10. The fraction of sp³-hybridized carbons (Fsp3) is 0.333. The van der Waals surface area contributed by atoms with E-state index in [1.54, 1.807) is 19.1 Å². The van der Waals surface area contributed by atoms with E-state index in [0.29, 0.717) is 31.9 Å². The Bertz CT molecular complexity index is 955. The van der Waals surface area contributed by atoms with Crippen LogP contribution in [0.4, 0.5) is 17.1 Å². The average Bonchev–Trinajstić information content (AvgIpc) is 2.82. The fourth-order valence-corrected chi connectivity index (χ4v) is 3.34. The maximum Gasteiger partial charge on any atom is 0.341 e. The number of anilines is 2. The fourth-order valence-electron chi connectivity index (χ4n) is 3.34. The summed E-state index contributed by atoms with van der Waals surface area (Å²) >= 11 is 0. The number of benzene rings is 2. The second kappa shape index (κ2) is 9.79. The van der Waals surface area contributed by atoms with Gasteiger partial charge in [0.15, 0.2) is 6.61 Å². The van der Waals surface area contributed by atoms with Crippen molar-refractivity contribution >= 4 is 28.9 Å². The molecule has 1 aliphatic rings. The first kappa shape index (κ1) is 21.9. The van der Waals surface area contributed by atoms with E-state index in [0.717, 1.165) is 17.5 Å². The summed E-state index contributed by atoms with van der Waals surface area (Å²) in [7, 11) is 3.20. The van der Waals surface area contributed by atoms with Gasteiger partial charge in [0.05, 0.1) is 17.6 Å². The van der Waals surface area contributed by atoms with Crippen molar-refractivity contribution in [3.8, 4) is 5.75 Å². The standard InChI is InChI=1S/C21H24N4O6/c1-22-19-8-5-16(25(28)29)13-18(19)21(27)31-14-20(26)24-11-9-23(10-12-24)15-3-6-17(30-2)7-4-15/h3-8,13,22H,9-12,14H2,1-2H3. The normalized spacial score (nSPS) is 13.5. The number of carbonyl (C=O) groups excluding carboxylic acids is 2. The highest BCUT2D eigenvalue weighted by Gasteiger charge is 2.24. The van der Waals surface area contributed by atoms with E-state index >= 15 is 0 Å². The first-order valence-electron chi connectivity index (χ1n) is 9.73. The number of nitro groups is 1. The van der Waals surface area contributed by atoms with E-state index in [4.69, 9.17) is 9.47 Å². The first-order valence-corrected chi connectivity index (χ1v) is 9.73. The van der Waals surface area contributed by atoms with Gasteiger partial charge in [-0.2, -0.15) is 0 Å². The molecule has 164 valence electrons. The number of ether oxygens (including phenoxy) is 2. The Hall–Kier alpha value is -3.82. The molecule has 0 radical (unpaired) electrons. The zero-order chi connectivity index (χ0) is 22.4. The van der Waals surface area contributed by atoms with Crippen LogP contribution in [0.1, 0.15) is 10.4 Å². The van der Waals surface area contributed by atoms with Crippen molar-refractivity contribution in [1.82, 2.24) is 4.90 Å². The lowest BCUT2D eigenvalue weighted by atomic mass is 10.1. The van der Waals surface area contributed by atoms with Crippen LogP contribution < -0.4 is 15.0 Å². The summed E-state index contributed by atoms with van der Waals surface area (Å²) in [5.74, 6) is -0.318. The summed E-state index contributed by atoms with van der Waals surface area (Å²) in [6, 6.07) is 11.6. The minimum atomic E-state index is -0.793. The molecule has 0 bridgehead atoms. The van der Waals surface area contributed by atoms with Crippen LogP contribution in [0.15, 0.2) is 42.5 Å². The van der Waals surface area contributed by atoms with Crippen molar-refractivity contribution in [1.29, 1.82) is 0 Å². The van der Waals surface area contributed by atoms with Gasteiger partial charge in [-0.3, -0.25) is 14.9 Å². The highest BCUT2D eigenvalue weighted by atomic mass is 16.6. The first-order chi connectivity index (χ1) is 14.9. The number of hydrogen-bond donors (Lipinski definition) is 1. The van der Waals surface area contributed by atoms with Gasteiger partial charge in [0.2, 0.25) is 0 Å². The van der Waals surface area contributed by atoms with Crippen LogP contribution in [0.2, 0.25) is 0 Å². The van der Waals surface area contributed by atoms with E-state index in [1.165, 1.54) is 12.1 Å². The molecular formula is C21H24N4O6. The molecule has 1 N–H and O–H groups in total. The Morgan fingerprint density at radius 3 is 2.35 bits per heavy atom. The van der Waals surface area contributed by atoms with E-state index in [1.807, 2.05) is 24.3 Å². The number of non-ortho nitro benzene ring substituents is 1. The Morgan fingerprint density at radius 2 is 1.77 bits per heavy atom. The van der Waals surface area contributed by atoms with Crippen LogP contribution in [0.5, 0.6) is 5.75 Å². The number of hydrogen-bond acceptors (Lipinski definition) is 8. The zero-order valence-electron chi connectivity index (χ0n) is 17.4. The molecule has 0 aromatic heterocycles. The lowest BCUT2D eigenvalue weighted by molar-refractivity contribution is -0.384. The maximum atomic E-state index is 12.5. The second-order valence-corrected chi connectivity index (χ2v) is 6.88. The highest BCUT2D eigenvalue weighted by molar-refractivity contribution is 5.97. The van der Waals surface area contributed by atoms with Crippen molar-refractivity contribution in [3.63, 3.8) is 0 Å². The van der Waals surface area contributed by atoms with Gasteiger partial charge in [-0.25, -0.2) is 4.79 Å². The van der Waals surface area contributed by atoms with Gasteiger partial charge in [0.25, 0.3) is 11.6 Å². The van der Waals surface area contributed by atoms with Gasteiger partial charge in [-0.1, -0.05) is 0 Å². The predicted octanol–water partition coefficient (Wildman–Crippen LogP) is 2.15. The number of amides is 1. The second-order valence-electron chi connectivity index (χ2n) is 6.88. The van der Waals surface area contributed by atoms with Gasteiger partial charge in [-0.15, -0.1) is 0 Å². The Balaban J connectivity index is 1.54. The van der Waals surface area contributed by atoms with E-state index in [-0.39, 0.29) is 17.2 Å². The number of nitrogens with zero attached hydrogens (tertiary/aromatic N) is 3. The number of nitrogens with one attached hydrogen (secondary N) is 1. The summed E-state index contributed by atoms with van der Waals surface area (Å²) in [6.45, 7) is 1.89. The molecule has 10 nitrogen and oxygen atoms in total. The van der Waals surface area contributed by atoms with Crippen LogP contribution in [-0.2, 0) is 9.53 Å². The SMILES string of the molecule is CNc1ccc([N+](=O)[O-])cc1C(=O)OCC(=O)N1CCN(c2ccc(OC)cc2)CC1. The smallest absolute Gasteiger partial charge is 0.341 e. The van der Waals surface area contributed by atoms with Crippen molar-refractivity contribution < 1.29 is 24.0 Å². The van der Waals surface area contributed by atoms with Crippen molar-refractivity contribution in [2.24, 2.45) is 0 Å². The lowest BCUT2D eigenvalue weighted by Crippen LogP contribution is -2.49. The molecule has 1 fully saturated rings. The maximum absolute atomic E-state index is 12.5. The molecule has 31 heavy (non-hydrogen) atoms. The van der Waals surface area contributed by atoms with Crippen LogP contribution in [-0.4, -0.2) is 68.6 Å². The molecule has 3 rings (SSSR count). The summed E-state index contributed by atoms with van der Waals surface area (Å²) in [5.41, 5.74) is 1.21. The molecule has 1 amide bonds. The van der Waals surface area contributed by atoms with Crippen molar-refractivity contribution in [2.75, 3.05) is 57.2 Å². The van der Waals surface area contributed by atoms with E-state index in [9.17, 15) is 19.7 Å². The lowest BCUT2D eigenvalue weighted by Gasteiger charge is -2.36. The third-order valence-corrected chi connectivity index (χ3v) is 5.10. The number of esters is 1. The van der Waals surface area contributed by atoms with Crippen molar-refractivity contribution in [3.05, 3.63) is 58.1 Å². The zero-order valence-corrected chi connectivity index (χ0v) is 17.4. The summed E-state index contributed by atoms with van der Waals surface area (Å²) in [4.78, 5) is 39.1.